The van der Waals surface area contributed by atoms with Crippen LogP contribution in [0.3, 0.4) is 0 Å². The van der Waals surface area contributed by atoms with Crippen LogP contribution in [-0.2, 0) is 4.74 Å². The zero-order chi connectivity index (χ0) is 10.8. The molecule has 1 aromatic heterocycles. The van der Waals surface area contributed by atoms with Crippen molar-refractivity contribution < 1.29 is 4.74 Å². The van der Waals surface area contributed by atoms with Crippen molar-refractivity contribution in [2.45, 2.75) is 26.8 Å². The van der Waals surface area contributed by atoms with E-state index in [0.717, 1.165) is 11.4 Å². The second-order valence-corrected chi connectivity index (χ2v) is 4.22. The third-order valence-corrected chi connectivity index (χ3v) is 2.55. The quantitative estimate of drug-likeness (QED) is 0.740. The number of hydrogen-bond acceptors (Lipinski definition) is 3. The van der Waals surface area contributed by atoms with Crippen molar-refractivity contribution in [2.24, 2.45) is 10.9 Å². The smallest absolute Gasteiger partial charge is 0.235 e. The van der Waals surface area contributed by atoms with Gasteiger partial charge in [-0.3, -0.25) is 0 Å². The lowest BCUT2D eigenvalue weighted by atomic mass is 10.1. The first-order chi connectivity index (χ1) is 7.16. The Labute approximate surface area is 90.2 Å². The third-order valence-electron chi connectivity index (χ3n) is 2.55. The Bertz CT molecular complexity index is 385. The molecule has 0 bridgehead atoms. The molecule has 0 aliphatic carbocycles. The molecule has 1 atom stereocenters. The standard InChI is InChI=1S/C12H16N2O/c1-8(2)11-7-15-12(14-11)10-6-4-5-9(3)13-10/h4-6,8,11H,7H2,1-3H3. The van der Waals surface area contributed by atoms with E-state index in [-0.39, 0.29) is 6.04 Å². The Hall–Kier alpha value is -1.38. The van der Waals surface area contributed by atoms with Crippen molar-refractivity contribution in [3.05, 3.63) is 29.6 Å². The Morgan fingerprint density at radius 1 is 1.40 bits per heavy atom. The summed E-state index contributed by atoms with van der Waals surface area (Å²) in [6, 6.07) is 6.17. The summed E-state index contributed by atoms with van der Waals surface area (Å²) in [5, 5.41) is 0. The minimum absolute atomic E-state index is 0.280. The van der Waals surface area contributed by atoms with Crippen LogP contribution in [0.4, 0.5) is 0 Å². The van der Waals surface area contributed by atoms with E-state index in [0.29, 0.717) is 18.4 Å². The van der Waals surface area contributed by atoms with Crippen LogP contribution in [0.5, 0.6) is 0 Å². The summed E-state index contributed by atoms with van der Waals surface area (Å²) in [5.41, 5.74) is 1.84. The maximum atomic E-state index is 5.56. The van der Waals surface area contributed by atoms with Crippen molar-refractivity contribution in [1.82, 2.24) is 4.98 Å². The molecule has 15 heavy (non-hydrogen) atoms. The molecule has 0 aromatic carbocycles. The van der Waals surface area contributed by atoms with Gasteiger partial charge in [-0.2, -0.15) is 0 Å². The highest BCUT2D eigenvalue weighted by molar-refractivity contribution is 5.93. The third kappa shape index (κ3) is 2.17. The summed E-state index contributed by atoms with van der Waals surface area (Å²) < 4.78 is 5.56. The van der Waals surface area contributed by atoms with Gasteiger partial charge in [0, 0.05) is 5.69 Å². The molecule has 3 heteroatoms. The summed E-state index contributed by atoms with van der Waals surface area (Å²) >= 11 is 0. The van der Waals surface area contributed by atoms with E-state index < -0.39 is 0 Å². The highest BCUT2D eigenvalue weighted by Gasteiger charge is 2.23. The van der Waals surface area contributed by atoms with Gasteiger partial charge < -0.3 is 4.74 Å². The monoisotopic (exact) mass is 204 g/mol. The lowest BCUT2D eigenvalue weighted by Crippen LogP contribution is -2.13. The number of aliphatic imine (C=N–C) groups is 1. The van der Waals surface area contributed by atoms with Gasteiger partial charge in [0.25, 0.3) is 0 Å². The number of hydrogen-bond donors (Lipinski definition) is 0. The number of aromatic nitrogens is 1. The van der Waals surface area contributed by atoms with Crippen LogP contribution in [0.1, 0.15) is 25.2 Å². The molecule has 0 saturated heterocycles. The van der Waals surface area contributed by atoms with Crippen molar-refractivity contribution in [3.63, 3.8) is 0 Å². The van der Waals surface area contributed by atoms with Gasteiger partial charge in [-0.1, -0.05) is 19.9 Å². The SMILES string of the molecule is Cc1cccc(C2=NC(C(C)C)CO2)n1. The largest absolute Gasteiger partial charge is 0.474 e. The fourth-order valence-corrected chi connectivity index (χ4v) is 1.53. The molecule has 1 unspecified atom stereocenters. The van der Waals surface area contributed by atoms with Crippen LogP contribution in [0.2, 0.25) is 0 Å². The van der Waals surface area contributed by atoms with Crippen LogP contribution < -0.4 is 0 Å². The van der Waals surface area contributed by atoms with Crippen molar-refractivity contribution in [1.29, 1.82) is 0 Å². The molecule has 80 valence electrons. The van der Waals surface area contributed by atoms with Gasteiger partial charge in [0.1, 0.15) is 12.3 Å². The molecule has 3 nitrogen and oxygen atoms in total. The van der Waals surface area contributed by atoms with Gasteiger partial charge in [0.2, 0.25) is 5.90 Å². The molecule has 0 fully saturated rings. The molecule has 1 aliphatic heterocycles. The number of aryl methyl sites for hydroxylation is 1. The molecule has 0 saturated carbocycles. The molecular formula is C12H16N2O. The minimum Gasteiger partial charge on any atom is -0.474 e. The fraction of sp³-hybridized carbons (Fsp3) is 0.500. The number of ether oxygens (including phenoxy) is 1. The van der Waals surface area contributed by atoms with Gasteiger partial charge in [-0.25, -0.2) is 9.98 Å². The molecule has 1 aromatic rings. The highest BCUT2D eigenvalue weighted by atomic mass is 16.5. The normalized spacial score (nSPS) is 20.3. The Kier molecular flexibility index (Phi) is 2.71. The van der Waals surface area contributed by atoms with Crippen LogP contribution >= 0.6 is 0 Å². The van der Waals surface area contributed by atoms with Crippen LogP contribution in [0, 0.1) is 12.8 Å². The second kappa shape index (κ2) is 4.01. The summed E-state index contributed by atoms with van der Waals surface area (Å²) in [5.74, 6) is 1.21. The topological polar surface area (TPSA) is 34.5 Å². The highest BCUT2D eigenvalue weighted by Crippen LogP contribution is 2.16. The molecule has 0 amide bonds. The molecule has 0 N–H and O–H groups in total. The average Bonchev–Trinajstić information content (AvgIpc) is 2.66. The van der Waals surface area contributed by atoms with Gasteiger partial charge >= 0.3 is 0 Å². The maximum absolute atomic E-state index is 5.56. The van der Waals surface area contributed by atoms with Gasteiger partial charge in [-0.05, 0) is 25.0 Å². The second-order valence-electron chi connectivity index (χ2n) is 4.22. The van der Waals surface area contributed by atoms with E-state index >= 15 is 0 Å². The summed E-state index contributed by atoms with van der Waals surface area (Å²) in [4.78, 5) is 8.92. The van der Waals surface area contributed by atoms with Gasteiger partial charge in [0.05, 0.1) is 6.04 Å². The first-order valence-corrected chi connectivity index (χ1v) is 5.31. The molecule has 0 spiro atoms. The van der Waals surface area contributed by atoms with E-state index in [9.17, 15) is 0 Å². The van der Waals surface area contributed by atoms with Crippen LogP contribution in [0.15, 0.2) is 23.2 Å². The lowest BCUT2D eigenvalue weighted by molar-refractivity contribution is 0.291. The van der Waals surface area contributed by atoms with Crippen LogP contribution in [-0.4, -0.2) is 23.5 Å². The predicted octanol–water partition coefficient (Wildman–Crippen LogP) is 2.19. The summed E-state index contributed by atoms with van der Waals surface area (Å²) in [6.45, 7) is 6.97. The number of rotatable bonds is 2. The first-order valence-electron chi connectivity index (χ1n) is 5.31. The average molecular weight is 204 g/mol. The van der Waals surface area contributed by atoms with E-state index in [1.807, 2.05) is 25.1 Å². The van der Waals surface area contributed by atoms with Gasteiger partial charge in [0.15, 0.2) is 0 Å². The zero-order valence-corrected chi connectivity index (χ0v) is 9.40. The fourth-order valence-electron chi connectivity index (χ4n) is 1.53. The lowest BCUT2D eigenvalue weighted by Gasteiger charge is -2.06. The first kappa shape index (κ1) is 10.1. The summed E-state index contributed by atoms with van der Waals surface area (Å²) in [6.07, 6.45) is 0. The number of nitrogens with zero attached hydrogens (tertiary/aromatic N) is 2. The van der Waals surface area contributed by atoms with E-state index in [1.165, 1.54) is 0 Å². The molecule has 0 radical (unpaired) electrons. The Balaban J connectivity index is 2.22. The van der Waals surface area contributed by atoms with Crippen molar-refractivity contribution >= 4 is 5.90 Å². The Morgan fingerprint density at radius 3 is 2.80 bits per heavy atom. The van der Waals surface area contributed by atoms with Crippen molar-refractivity contribution in [3.8, 4) is 0 Å². The maximum Gasteiger partial charge on any atom is 0.235 e. The predicted molar refractivity (Wildman–Crippen MR) is 60.1 cm³/mol. The Morgan fingerprint density at radius 2 is 2.20 bits per heavy atom. The molecular weight excluding hydrogens is 188 g/mol. The molecule has 2 rings (SSSR count). The van der Waals surface area contributed by atoms with Crippen molar-refractivity contribution in [2.75, 3.05) is 6.61 Å². The summed E-state index contributed by atoms with van der Waals surface area (Å²) in [7, 11) is 0. The van der Waals surface area contributed by atoms with E-state index in [4.69, 9.17) is 4.74 Å². The van der Waals surface area contributed by atoms with Gasteiger partial charge in [-0.15, -0.1) is 0 Å². The minimum atomic E-state index is 0.280. The molecule has 2 heterocycles. The molecule has 1 aliphatic rings. The zero-order valence-electron chi connectivity index (χ0n) is 9.40. The van der Waals surface area contributed by atoms with Crippen LogP contribution in [0.25, 0.3) is 0 Å². The van der Waals surface area contributed by atoms with E-state index in [2.05, 4.69) is 23.8 Å². The van der Waals surface area contributed by atoms with E-state index in [1.54, 1.807) is 0 Å². The number of pyridine rings is 1.